The van der Waals surface area contributed by atoms with Crippen molar-refractivity contribution in [3.8, 4) is 0 Å². The Kier molecular flexibility index (Phi) is 3.45. The van der Waals surface area contributed by atoms with Gasteiger partial charge in [0.1, 0.15) is 0 Å². The summed E-state index contributed by atoms with van der Waals surface area (Å²) in [4.78, 5) is 18.0. The minimum atomic E-state index is -0.332. The van der Waals surface area contributed by atoms with E-state index in [-0.39, 0.29) is 16.8 Å². The highest BCUT2D eigenvalue weighted by Crippen LogP contribution is 2.40. The number of hydrogen-bond donors (Lipinski definition) is 0. The van der Waals surface area contributed by atoms with Gasteiger partial charge in [0.2, 0.25) is 11.5 Å². The van der Waals surface area contributed by atoms with Gasteiger partial charge in [0.25, 0.3) is 0 Å². The Balaban J connectivity index is 1.84. The molecular weight excluding hydrogens is 304 g/mol. The molecule has 6 nitrogen and oxygen atoms in total. The number of rotatable bonds is 3. The van der Waals surface area contributed by atoms with Crippen LogP contribution in [0.25, 0.3) is 5.65 Å². The zero-order chi connectivity index (χ0) is 16.7. The van der Waals surface area contributed by atoms with Crippen LogP contribution in [-0.4, -0.2) is 20.9 Å². The molecule has 1 fully saturated rings. The highest BCUT2D eigenvalue weighted by molar-refractivity contribution is 5.65. The van der Waals surface area contributed by atoms with Gasteiger partial charge in [-0.3, -0.25) is 0 Å². The van der Waals surface area contributed by atoms with Crippen LogP contribution in [0.1, 0.15) is 30.0 Å². The molecule has 3 heterocycles. The Morgan fingerprint density at radius 2 is 2.12 bits per heavy atom. The van der Waals surface area contributed by atoms with Crippen molar-refractivity contribution in [2.45, 2.75) is 25.8 Å². The fraction of sp³-hybridized carbons (Fsp3) is 0.278. The summed E-state index contributed by atoms with van der Waals surface area (Å²) >= 11 is 0. The van der Waals surface area contributed by atoms with E-state index in [1.165, 1.54) is 11.1 Å². The first-order chi connectivity index (χ1) is 11.6. The molecule has 0 saturated carbocycles. The van der Waals surface area contributed by atoms with Crippen molar-refractivity contribution in [2.75, 3.05) is 11.4 Å². The van der Waals surface area contributed by atoms with E-state index in [0.29, 0.717) is 11.5 Å². The van der Waals surface area contributed by atoms with E-state index in [2.05, 4.69) is 35.0 Å². The number of nitrogens with zero attached hydrogens (tertiary/aromatic N) is 4. The predicted molar refractivity (Wildman–Crippen MR) is 92.3 cm³/mol. The molecule has 1 aromatic carbocycles. The van der Waals surface area contributed by atoms with Crippen LogP contribution in [-0.2, 0) is 0 Å². The van der Waals surface area contributed by atoms with Gasteiger partial charge in [-0.25, -0.2) is 0 Å². The average Bonchev–Trinajstić information content (AvgIpc) is 3.19. The predicted octanol–water partition coefficient (Wildman–Crippen LogP) is 3.89. The van der Waals surface area contributed by atoms with Crippen LogP contribution in [0.4, 0.5) is 11.6 Å². The summed E-state index contributed by atoms with van der Waals surface area (Å²) in [6.07, 6.45) is 3.68. The zero-order valence-electron chi connectivity index (χ0n) is 13.4. The van der Waals surface area contributed by atoms with Gasteiger partial charge in [-0.05, 0) is 36.3 Å². The molecule has 4 rings (SSSR count). The van der Waals surface area contributed by atoms with Gasteiger partial charge < -0.3 is 15.0 Å². The summed E-state index contributed by atoms with van der Waals surface area (Å²) in [7, 11) is 0. The molecule has 6 heteroatoms. The number of aryl methyl sites for hydroxylation is 1. The second-order valence-corrected chi connectivity index (χ2v) is 6.21. The normalized spacial score (nSPS) is 17.5. The molecule has 1 saturated heterocycles. The first-order valence-corrected chi connectivity index (χ1v) is 8.10. The Morgan fingerprint density at radius 3 is 2.92 bits per heavy atom. The number of nitro groups is 1. The van der Waals surface area contributed by atoms with Gasteiger partial charge >= 0.3 is 5.82 Å². The quantitative estimate of drug-likeness (QED) is 0.542. The molecule has 0 N–H and O–H groups in total. The maximum atomic E-state index is 11.7. The average molecular weight is 322 g/mol. The second kappa shape index (κ2) is 5.63. The zero-order valence-corrected chi connectivity index (χ0v) is 13.4. The number of imidazole rings is 1. The van der Waals surface area contributed by atoms with Crippen molar-refractivity contribution in [1.82, 2.24) is 9.38 Å². The van der Waals surface area contributed by atoms with Crippen molar-refractivity contribution in [3.63, 3.8) is 0 Å². The number of benzene rings is 1. The van der Waals surface area contributed by atoms with Gasteiger partial charge in [-0.15, -0.1) is 0 Å². The van der Waals surface area contributed by atoms with Crippen molar-refractivity contribution in [3.05, 3.63) is 69.9 Å². The van der Waals surface area contributed by atoms with Crippen LogP contribution in [0.5, 0.6) is 0 Å². The van der Waals surface area contributed by atoms with E-state index >= 15 is 0 Å². The summed E-state index contributed by atoms with van der Waals surface area (Å²) in [6.45, 7) is 2.85. The summed E-state index contributed by atoms with van der Waals surface area (Å²) in [5.41, 5.74) is 3.00. The van der Waals surface area contributed by atoms with Crippen LogP contribution >= 0.6 is 0 Å². The monoisotopic (exact) mass is 322 g/mol. The molecule has 1 atom stereocenters. The minimum Gasteiger partial charge on any atom is -0.358 e. The first-order valence-electron chi connectivity index (χ1n) is 8.10. The summed E-state index contributed by atoms with van der Waals surface area (Å²) in [5.74, 6) is 0.514. The maximum absolute atomic E-state index is 11.7. The fourth-order valence-electron chi connectivity index (χ4n) is 3.58. The molecular formula is C18H18N4O2. The molecule has 122 valence electrons. The molecule has 1 aliphatic rings. The SMILES string of the molecule is Cc1cccc([C@@H]2CCCN2c2nc3ccccn3c2[N+](=O)[O-])c1. The van der Waals surface area contributed by atoms with Crippen LogP contribution in [0.3, 0.4) is 0 Å². The van der Waals surface area contributed by atoms with E-state index in [9.17, 15) is 10.1 Å². The topological polar surface area (TPSA) is 63.7 Å². The van der Waals surface area contributed by atoms with E-state index in [0.717, 1.165) is 19.4 Å². The third-order valence-corrected chi connectivity index (χ3v) is 4.61. The largest absolute Gasteiger partial charge is 0.372 e. The highest BCUT2D eigenvalue weighted by Gasteiger charge is 2.34. The number of hydrogen-bond acceptors (Lipinski definition) is 4. The molecule has 0 bridgehead atoms. The van der Waals surface area contributed by atoms with Crippen LogP contribution in [0.2, 0.25) is 0 Å². The van der Waals surface area contributed by atoms with E-state index in [4.69, 9.17) is 0 Å². The van der Waals surface area contributed by atoms with E-state index < -0.39 is 0 Å². The maximum Gasteiger partial charge on any atom is 0.372 e. The van der Waals surface area contributed by atoms with Gasteiger partial charge in [0.05, 0.1) is 12.2 Å². The van der Waals surface area contributed by atoms with Crippen molar-refractivity contribution in [1.29, 1.82) is 0 Å². The number of fused-ring (bicyclic) bond motifs is 1. The Hall–Kier alpha value is -2.89. The molecule has 3 aromatic rings. The lowest BCUT2D eigenvalue weighted by molar-refractivity contribution is -0.389. The van der Waals surface area contributed by atoms with E-state index in [1.807, 2.05) is 12.1 Å². The fourth-order valence-corrected chi connectivity index (χ4v) is 3.58. The lowest BCUT2D eigenvalue weighted by atomic mass is 10.0. The molecule has 0 unspecified atom stereocenters. The van der Waals surface area contributed by atoms with Crippen molar-refractivity contribution >= 4 is 17.3 Å². The summed E-state index contributed by atoms with van der Waals surface area (Å²) in [5, 5.41) is 11.7. The molecule has 1 aliphatic heterocycles. The van der Waals surface area contributed by atoms with Gasteiger partial charge in [0, 0.05) is 12.6 Å². The Bertz CT molecular complexity index is 918. The second-order valence-electron chi connectivity index (χ2n) is 6.21. The molecule has 24 heavy (non-hydrogen) atoms. The minimum absolute atomic E-state index is 0.0464. The summed E-state index contributed by atoms with van der Waals surface area (Å²) < 4.78 is 1.56. The standard InChI is InChI=1S/C18H18N4O2/c1-13-6-4-7-14(12-13)15-8-5-11-20(15)17-18(22(23)24)21-10-3-2-9-16(21)19-17/h2-4,6-7,9-10,12,15H,5,8,11H2,1H3/t15-/m0/s1. The molecule has 0 spiro atoms. The van der Waals surface area contributed by atoms with Crippen LogP contribution < -0.4 is 4.90 Å². The Morgan fingerprint density at radius 1 is 1.25 bits per heavy atom. The summed E-state index contributed by atoms with van der Waals surface area (Å²) in [6, 6.07) is 13.9. The highest BCUT2D eigenvalue weighted by atomic mass is 16.6. The van der Waals surface area contributed by atoms with Crippen molar-refractivity contribution in [2.24, 2.45) is 0 Å². The lowest BCUT2D eigenvalue weighted by Crippen LogP contribution is -2.23. The van der Waals surface area contributed by atoms with Crippen LogP contribution in [0.15, 0.2) is 48.7 Å². The molecule has 0 aliphatic carbocycles. The van der Waals surface area contributed by atoms with Crippen molar-refractivity contribution < 1.29 is 4.92 Å². The van der Waals surface area contributed by atoms with Gasteiger partial charge in [-0.2, -0.15) is 9.38 Å². The van der Waals surface area contributed by atoms with Gasteiger partial charge in [-0.1, -0.05) is 35.9 Å². The molecule has 2 aromatic heterocycles. The Labute approximate surface area is 139 Å². The third-order valence-electron chi connectivity index (χ3n) is 4.61. The van der Waals surface area contributed by atoms with Crippen LogP contribution in [0, 0.1) is 17.0 Å². The van der Waals surface area contributed by atoms with E-state index in [1.54, 1.807) is 22.7 Å². The molecule has 0 radical (unpaired) electrons. The first kappa shape index (κ1) is 14.7. The number of pyridine rings is 1. The number of anilines is 1. The number of aromatic nitrogens is 2. The third kappa shape index (κ3) is 2.31. The molecule has 0 amide bonds. The smallest absolute Gasteiger partial charge is 0.358 e. The lowest BCUT2D eigenvalue weighted by Gasteiger charge is -2.24. The van der Waals surface area contributed by atoms with Gasteiger partial charge in [0.15, 0.2) is 0 Å².